The van der Waals surface area contributed by atoms with E-state index in [-0.39, 0.29) is 45.3 Å². The highest BCUT2D eigenvalue weighted by Gasteiger charge is 2.46. The molecule has 2 aromatic rings. The van der Waals surface area contributed by atoms with Crippen LogP contribution < -0.4 is 9.47 Å². The van der Waals surface area contributed by atoms with Gasteiger partial charge in [-0.25, -0.2) is 0 Å². The van der Waals surface area contributed by atoms with Crippen LogP contribution in [0.15, 0.2) is 35.9 Å². The summed E-state index contributed by atoms with van der Waals surface area (Å²) >= 11 is 12.7. The largest absolute Gasteiger partial charge is 0.507 e. The number of hydrogen-bond acceptors (Lipinski definition) is 6. The van der Waals surface area contributed by atoms with Crippen LogP contribution in [0.5, 0.6) is 11.5 Å². The van der Waals surface area contributed by atoms with Crippen molar-refractivity contribution in [3.8, 4) is 11.5 Å². The highest BCUT2D eigenvalue weighted by atomic mass is 35.5. The Morgan fingerprint density at radius 3 is 2.37 bits per heavy atom. The summed E-state index contributed by atoms with van der Waals surface area (Å²) in [7, 11) is 2.77. The Hall–Kier alpha value is -2.74. The molecule has 9 heteroatoms. The van der Waals surface area contributed by atoms with Gasteiger partial charge in [0.05, 0.1) is 42.5 Å². The molecule has 1 heterocycles. The van der Waals surface area contributed by atoms with Crippen LogP contribution in [0, 0.1) is 6.92 Å². The number of benzene rings is 2. The Kier molecular flexibility index (Phi) is 8.70. The first kappa shape index (κ1) is 26.9. The molecule has 1 aliphatic heterocycles. The van der Waals surface area contributed by atoms with E-state index >= 15 is 0 Å². The van der Waals surface area contributed by atoms with Crippen LogP contribution >= 0.6 is 23.2 Å². The molecule has 0 aromatic heterocycles. The molecule has 1 amide bonds. The topological polar surface area (TPSA) is 85.3 Å². The molecule has 0 saturated carbocycles. The number of hydrogen-bond donors (Lipinski definition) is 1. The van der Waals surface area contributed by atoms with Crippen molar-refractivity contribution in [3.63, 3.8) is 0 Å². The fourth-order valence-electron chi connectivity index (χ4n) is 4.17. The number of rotatable bonds is 9. The summed E-state index contributed by atoms with van der Waals surface area (Å²) in [6.07, 6.45) is 0.576. The van der Waals surface area contributed by atoms with Crippen LogP contribution in [-0.4, -0.2) is 55.2 Å². The maximum atomic E-state index is 13.3. The highest BCUT2D eigenvalue weighted by molar-refractivity contribution is 6.47. The summed E-state index contributed by atoms with van der Waals surface area (Å²) < 4.78 is 16.3. The Labute approximate surface area is 215 Å². The molecule has 0 aliphatic carbocycles. The average Bonchev–Trinajstić information content (AvgIpc) is 3.06. The molecule has 1 fully saturated rings. The fraction of sp³-hybridized carbons (Fsp3) is 0.385. The number of aliphatic hydroxyl groups excluding tert-OH is 1. The molecule has 1 N–H and O–H groups in total. The first-order chi connectivity index (χ1) is 16.6. The summed E-state index contributed by atoms with van der Waals surface area (Å²) in [6.45, 7) is 6.45. The van der Waals surface area contributed by atoms with Gasteiger partial charge >= 0.3 is 0 Å². The van der Waals surface area contributed by atoms with Gasteiger partial charge < -0.3 is 24.2 Å². The molecule has 0 radical (unpaired) electrons. The second-order valence-electron chi connectivity index (χ2n) is 8.41. The number of likely N-dealkylation sites (tertiary alicyclic amines) is 1. The Morgan fingerprint density at radius 1 is 1.11 bits per heavy atom. The molecule has 1 atom stereocenters. The lowest BCUT2D eigenvalue weighted by molar-refractivity contribution is -0.140. The van der Waals surface area contributed by atoms with Crippen molar-refractivity contribution in [2.45, 2.75) is 39.3 Å². The van der Waals surface area contributed by atoms with Gasteiger partial charge in [0.25, 0.3) is 11.7 Å². The van der Waals surface area contributed by atoms with Gasteiger partial charge in [0, 0.05) is 13.2 Å². The molecule has 7 nitrogen and oxygen atoms in total. The third-order valence-electron chi connectivity index (χ3n) is 5.81. The summed E-state index contributed by atoms with van der Waals surface area (Å²) in [5.41, 5.74) is 1.61. The van der Waals surface area contributed by atoms with Crippen LogP contribution in [0.4, 0.5) is 0 Å². The van der Waals surface area contributed by atoms with Crippen molar-refractivity contribution in [3.05, 3.63) is 62.6 Å². The second kappa shape index (κ2) is 11.3. The van der Waals surface area contributed by atoms with Gasteiger partial charge in [-0.3, -0.25) is 9.59 Å². The minimum absolute atomic E-state index is 0.0385. The number of ketones is 1. The number of halogens is 2. The van der Waals surface area contributed by atoms with Gasteiger partial charge in [0.1, 0.15) is 10.8 Å². The molecular formula is C26H29Cl2NO6. The maximum Gasteiger partial charge on any atom is 0.295 e. The summed E-state index contributed by atoms with van der Waals surface area (Å²) in [6, 6.07) is 8.01. The number of methoxy groups -OCH3 is 2. The minimum Gasteiger partial charge on any atom is -0.507 e. The third-order valence-corrected chi connectivity index (χ3v) is 6.44. The lowest BCUT2D eigenvalue weighted by Crippen LogP contribution is -2.31. The van der Waals surface area contributed by atoms with Crippen LogP contribution in [0.1, 0.15) is 43.0 Å². The van der Waals surface area contributed by atoms with Crippen molar-refractivity contribution in [1.82, 2.24) is 4.90 Å². The molecule has 3 rings (SSSR count). The van der Waals surface area contributed by atoms with Crippen LogP contribution in [0.2, 0.25) is 10.0 Å². The quantitative estimate of drug-likeness (QED) is 0.201. The van der Waals surface area contributed by atoms with Crippen molar-refractivity contribution in [2.24, 2.45) is 0 Å². The van der Waals surface area contributed by atoms with Gasteiger partial charge in [-0.15, -0.1) is 0 Å². The summed E-state index contributed by atoms with van der Waals surface area (Å²) in [5.74, 6) is -1.69. The molecule has 1 aliphatic rings. The number of carbonyl (C=O) groups excluding carboxylic acids is 2. The SMILES string of the molecule is COc1c(Cl)cc(/C(O)=C2\C(=O)C(=O)N(CCCOC(C)C)C2c2ccccc2C)c(OC)c1Cl. The third kappa shape index (κ3) is 5.27. The zero-order chi connectivity index (χ0) is 25.9. The van der Waals surface area contributed by atoms with Crippen LogP contribution in [-0.2, 0) is 14.3 Å². The van der Waals surface area contributed by atoms with Crippen molar-refractivity contribution in [2.75, 3.05) is 27.4 Å². The highest BCUT2D eigenvalue weighted by Crippen LogP contribution is 2.47. The molecule has 1 saturated heterocycles. The monoisotopic (exact) mass is 521 g/mol. The van der Waals surface area contributed by atoms with E-state index in [1.165, 1.54) is 25.2 Å². The number of aliphatic hydroxyl groups is 1. The van der Waals surface area contributed by atoms with Crippen LogP contribution in [0.25, 0.3) is 5.76 Å². The molecule has 0 bridgehead atoms. The molecule has 2 aromatic carbocycles. The Bertz CT molecular complexity index is 1160. The van der Waals surface area contributed by atoms with E-state index in [9.17, 15) is 14.7 Å². The van der Waals surface area contributed by atoms with E-state index in [4.69, 9.17) is 37.4 Å². The van der Waals surface area contributed by atoms with Gasteiger partial charge in [0.15, 0.2) is 11.5 Å². The van der Waals surface area contributed by atoms with E-state index in [1.54, 1.807) is 0 Å². The lowest BCUT2D eigenvalue weighted by atomic mass is 9.92. The smallest absolute Gasteiger partial charge is 0.295 e. The minimum atomic E-state index is -0.806. The van der Waals surface area contributed by atoms with Crippen molar-refractivity contribution >= 4 is 40.7 Å². The van der Waals surface area contributed by atoms with E-state index in [1.807, 2.05) is 45.0 Å². The zero-order valence-corrected chi connectivity index (χ0v) is 21.9. The molecular weight excluding hydrogens is 493 g/mol. The Morgan fingerprint density at radius 2 is 1.77 bits per heavy atom. The first-order valence-electron chi connectivity index (χ1n) is 11.2. The molecule has 1 unspecified atom stereocenters. The van der Waals surface area contributed by atoms with E-state index in [0.29, 0.717) is 13.0 Å². The predicted octanol–water partition coefficient (Wildman–Crippen LogP) is 5.56. The number of carbonyl (C=O) groups is 2. The van der Waals surface area contributed by atoms with Gasteiger partial charge in [-0.2, -0.15) is 0 Å². The molecule has 0 spiro atoms. The van der Waals surface area contributed by atoms with Gasteiger partial charge in [-0.1, -0.05) is 47.5 Å². The fourth-order valence-corrected chi connectivity index (χ4v) is 4.86. The van der Waals surface area contributed by atoms with Crippen molar-refractivity contribution in [1.29, 1.82) is 0 Å². The average molecular weight is 522 g/mol. The first-order valence-corrected chi connectivity index (χ1v) is 11.9. The van der Waals surface area contributed by atoms with Gasteiger partial charge in [-0.05, 0) is 44.4 Å². The summed E-state index contributed by atoms with van der Waals surface area (Å²) in [4.78, 5) is 27.9. The molecule has 188 valence electrons. The normalized spacial score (nSPS) is 17.4. The Balaban J connectivity index is 2.19. The number of Topliss-reactive ketones (excluding diaryl/α,β-unsaturated/α-hetero) is 1. The van der Waals surface area contributed by atoms with E-state index in [2.05, 4.69) is 0 Å². The zero-order valence-electron chi connectivity index (χ0n) is 20.4. The lowest BCUT2D eigenvalue weighted by Gasteiger charge is -2.27. The molecule has 35 heavy (non-hydrogen) atoms. The van der Waals surface area contributed by atoms with E-state index < -0.39 is 23.5 Å². The van der Waals surface area contributed by atoms with Crippen LogP contribution in [0.3, 0.4) is 0 Å². The summed E-state index contributed by atoms with van der Waals surface area (Å²) in [5, 5.41) is 11.6. The number of nitrogens with zero attached hydrogens (tertiary/aromatic N) is 1. The predicted molar refractivity (Wildman–Crippen MR) is 135 cm³/mol. The number of ether oxygens (including phenoxy) is 3. The standard InChI is InChI=1S/C26H29Cl2NO6/c1-14(2)35-12-8-11-29-21(16-10-7-6-9-15(16)3)19(23(31)26(29)32)22(30)17-13-18(27)25(34-5)20(28)24(17)33-4/h6-7,9-10,13-14,21,30H,8,11-12H2,1-5H3/b22-19+. The van der Waals surface area contributed by atoms with Gasteiger partial charge in [0.2, 0.25) is 0 Å². The second-order valence-corrected chi connectivity index (χ2v) is 9.19. The van der Waals surface area contributed by atoms with E-state index in [0.717, 1.165) is 11.1 Å². The van der Waals surface area contributed by atoms with Crippen molar-refractivity contribution < 1.29 is 28.9 Å². The number of amides is 1. The maximum absolute atomic E-state index is 13.3. The number of aryl methyl sites for hydroxylation is 1.